The van der Waals surface area contributed by atoms with E-state index in [1.54, 1.807) is 7.05 Å². The van der Waals surface area contributed by atoms with Crippen molar-refractivity contribution in [1.29, 1.82) is 0 Å². The first kappa shape index (κ1) is 14.6. The van der Waals surface area contributed by atoms with Crippen LogP contribution in [0.2, 0.25) is 0 Å². The molecular weight excluding hydrogens is 306 g/mol. The first-order valence-electron chi connectivity index (χ1n) is 7.75. The zero-order valence-electron chi connectivity index (χ0n) is 13.1. The number of benzene rings is 1. The van der Waals surface area contributed by atoms with E-state index in [1.165, 1.54) is 10.8 Å². The lowest BCUT2D eigenvalue weighted by Crippen LogP contribution is -2.31. The van der Waals surface area contributed by atoms with Crippen molar-refractivity contribution in [3.63, 3.8) is 0 Å². The number of aryl methyl sites for hydroxylation is 1. The quantitative estimate of drug-likeness (QED) is 0.736. The third kappa shape index (κ3) is 2.11. The van der Waals surface area contributed by atoms with Crippen LogP contribution in [0.1, 0.15) is 33.8 Å². The van der Waals surface area contributed by atoms with Crippen LogP contribution in [0.25, 0.3) is 11.0 Å². The monoisotopic (exact) mass is 321 g/mol. The van der Waals surface area contributed by atoms with Crippen LogP contribution in [0.5, 0.6) is 0 Å². The number of hydrogen-bond acceptors (Lipinski definition) is 4. The third-order valence-corrected chi connectivity index (χ3v) is 4.69. The summed E-state index contributed by atoms with van der Waals surface area (Å²) in [4.78, 5) is 43.2. The van der Waals surface area contributed by atoms with Gasteiger partial charge in [0.05, 0.1) is 5.39 Å². The van der Waals surface area contributed by atoms with Gasteiger partial charge in [0.25, 0.3) is 5.56 Å². The van der Waals surface area contributed by atoms with Gasteiger partial charge in [0.2, 0.25) is 0 Å². The molecule has 1 aliphatic rings. The highest BCUT2D eigenvalue weighted by Crippen LogP contribution is 2.34. The topological polar surface area (TPSA) is 84.8 Å². The van der Waals surface area contributed by atoms with Crippen LogP contribution >= 0.6 is 0 Å². The number of Topliss-reactive ketones (excluding diaryl/α,β-unsaturated/α-hetero) is 1. The molecule has 0 bridgehead atoms. The predicted octanol–water partition coefficient (Wildman–Crippen LogP) is 1.53. The van der Waals surface area contributed by atoms with E-state index in [1.807, 2.05) is 30.3 Å². The van der Waals surface area contributed by atoms with Crippen LogP contribution in [0.15, 0.2) is 46.1 Å². The highest BCUT2D eigenvalue weighted by molar-refractivity contribution is 6.02. The molecule has 0 saturated carbocycles. The molecule has 0 saturated heterocycles. The van der Waals surface area contributed by atoms with E-state index in [-0.39, 0.29) is 11.7 Å². The minimum atomic E-state index is -0.512. The normalized spacial score (nSPS) is 17.0. The molecule has 0 radical (unpaired) electrons. The third-order valence-electron chi connectivity index (χ3n) is 4.69. The number of H-pyrrole nitrogens is 1. The Kier molecular flexibility index (Phi) is 3.19. The molecule has 1 atom stereocenters. The Balaban J connectivity index is 1.98. The fraction of sp³-hybridized carbons (Fsp3) is 0.222. The SMILES string of the molecule is Cn1c(=O)[nH]c(=O)c2c3c(cnc21)C(=O)C[C@H](c1ccccc1)C3. The molecule has 2 aromatic heterocycles. The summed E-state index contributed by atoms with van der Waals surface area (Å²) in [7, 11) is 1.55. The van der Waals surface area contributed by atoms with Crippen LogP contribution in [-0.2, 0) is 13.5 Å². The van der Waals surface area contributed by atoms with E-state index >= 15 is 0 Å². The van der Waals surface area contributed by atoms with Gasteiger partial charge in [-0.1, -0.05) is 30.3 Å². The average Bonchev–Trinajstić information content (AvgIpc) is 2.59. The minimum Gasteiger partial charge on any atom is -0.294 e. The van der Waals surface area contributed by atoms with Crippen molar-refractivity contribution in [2.75, 3.05) is 0 Å². The van der Waals surface area contributed by atoms with Crippen molar-refractivity contribution < 1.29 is 4.79 Å². The van der Waals surface area contributed by atoms with Gasteiger partial charge in [-0.25, -0.2) is 9.78 Å². The number of carbonyl (C=O) groups is 1. The smallest absolute Gasteiger partial charge is 0.294 e. The number of aromatic nitrogens is 3. The van der Waals surface area contributed by atoms with Crippen molar-refractivity contribution in [2.45, 2.75) is 18.8 Å². The maximum atomic E-state index is 12.6. The van der Waals surface area contributed by atoms with Crippen molar-refractivity contribution in [3.8, 4) is 0 Å². The van der Waals surface area contributed by atoms with Crippen LogP contribution in [0, 0.1) is 0 Å². The summed E-state index contributed by atoms with van der Waals surface area (Å²) in [6, 6.07) is 9.80. The Bertz CT molecular complexity index is 1080. The fourth-order valence-corrected chi connectivity index (χ4v) is 3.44. The summed E-state index contributed by atoms with van der Waals surface area (Å²) in [5, 5.41) is 0.337. The zero-order chi connectivity index (χ0) is 16.8. The number of fused-ring (bicyclic) bond motifs is 3. The standard InChI is InChI=1S/C18H15N3O3/c1-21-16-15(17(23)20-18(21)24)12-7-11(10-5-3-2-4-6-10)8-14(22)13(12)9-19-16/h2-6,9,11H,7-8H2,1H3,(H,20,23,24)/t11-/m1/s1. The van der Waals surface area contributed by atoms with Gasteiger partial charge >= 0.3 is 5.69 Å². The molecule has 0 spiro atoms. The molecule has 0 aliphatic heterocycles. The number of pyridine rings is 1. The van der Waals surface area contributed by atoms with Crippen molar-refractivity contribution in [1.82, 2.24) is 14.5 Å². The molecule has 4 rings (SSSR count). The molecule has 2 heterocycles. The summed E-state index contributed by atoms with van der Waals surface area (Å²) >= 11 is 0. The molecule has 0 unspecified atom stereocenters. The Morgan fingerprint density at radius 2 is 1.88 bits per heavy atom. The summed E-state index contributed by atoms with van der Waals surface area (Å²) in [5.41, 5.74) is 1.55. The molecule has 3 aromatic rings. The lowest BCUT2D eigenvalue weighted by Gasteiger charge is -2.24. The van der Waals surface area contributed by atoms with Gasteiger partial charge in [-0.05, 0) is 23.5 Å². The highest BCUT2D eigenvalue weighted by Gasteiger charge is 2.29. The number of ketones is 1. The second-order valence-corrected chi connectivity index (χ2v) is 6.11. The summed E-state index contributed by atoms with van der Waals surface area (Å²) in [6.07, 6.45) is 2.46. The molecule has 6 nitrogen and oxygen atoms in total. The lowest BCUT2D eigenvalue weighted by molar-refractivity contribution is 0.0964. The molecule has 1 N–H and O–H groups in total. The summed E-state index contributed by atoms with van der Waals surface area (Å²) in [6.45, 7) is 0. The number of nitrogens with one attached hydrogen (secondary N) is 1. The van der Waals surface area contributed by atoms with Crippen molar-refractivity contribution in [3.05, 3.63) is 74.1 Å². The first-order valence-corrected chi connectivity index (χ1v) is 7.75. The average molecular weight is 321 g/mol. The Hall–Kier alpha value is -3.02. The van der Waals surface area contributed by atoms with Gasteiger partial charge in [0.1, 0.15) is 5.65 Å². The van der Waals surface area contributed by atoms with Gasteiger partial charge in [0.15, 0.2) is 5.78 Å². The first-order chi connectivity index (χ1) is 11.6. The maximum absolute atomic E-state index is 12.6. The van der Waals surface area contributed by atoms with Crippen LogP contribution in [-0.4, -0.2) is 20.3 Å². The summed E-state index contributed by atoms with van der Waals surface area (Å²) in [5.74, 6) is 0.00110. The van der Waals surface area contributed by atoms with E-state index < -0.39 is 11.2 Å². The summed E-state index contributed by atoms with van der Waals surface area (Å²) < 4.78 is 1.30. The molecule has 6 heteroatoms. The number of aromatic amines is 1. The largest absolute Gasteiger partial charge is 0.329 e. The number of hydrogen-bond donors (Lipinski definition) is 1. The van der Waals surface area contributed by atoms with Gasteiger partial charge in [-0.2, -0.15) is 0 Å². The fourth-order valence-electron chi connectivity index (χ4n) is 3.44. The molecular formula is C18H15N3O3. The number of nitrogens with zero attached hydrogens (tertiary/aromatic N) is 2. The second kappa shape index (κ2) is 5.26. The molecule has 1 aliphatic carbocycles. The molecule has 1 aromatic carbocycles. The Morgan fingerprint density at radius 1 is 1.12 bits per heavy atom. The van der Waals surface area contributed by atoms with Gasteiger partial charge in [0, 0.05) is 25.2 Å². The molecule has 0 fully saturated rings. The van der Waals surface area contributed by atoms with Crippen molar-refractivity contribution in [2.24, 2.45) is 7.05 Å². The highest BCUT2D eigenvalue weighted by atomic mass is 16.2. The van der Waals surface area contributed by atoms with Crippen molar-refractivity contribution >= 4 is 16.8 Å². The Labute approximate surface area is 136 Å². The van der Waals surface area contributed by atoms with E-state index in [0.717, 1.165) is 5.56 Å². The van der Waals surface area contributed by atoms with E-state index in [0.29, 0.717) is 35.0 Å². The molecule has 0 amide bonds. The predicted molar refractivity (Wildman–Crippen MR) is 89.4 cm³/mol. The zero-order valence-corrected chi connectivity index (χ0v) is 13.1. The van der Waals surface area contributed by atoms with Gasteiger partial charge in [-0.3, -0.25) is 19.1 Å². The van der Waals surface area contributed by atoms with Gasteiger partial charge in [-0.15, -0.1) is 0 Å². The number of carbonyl (C=O) groups excluding carboxylic acids is 1. The van der Waals surface area contributed by atoms with E-state index in [9.17, 15) is 14.4 Å². The van der Waals surface area contributed by atoms with Gasteiger partial charge < -0.3 is 0 Å². The van der Waals surface area contributed by atoms with Crippen LogP contribution in [0.4, 0.5) is 0 Å². The van der Waals surface area contributed by atoms with Crippen LogP contribution < -0.4 is 11.2 Å². The lowest BCUT2D eigenvalue weighted by atomic mass is 9.79. The minimum absolute atomic E-state index is 0.0206. The molecule has 120 valence electrons. The van der Waals surface area contributed by atoms with E-state index in [4.69, 9.17) is 0 Å². The second-order valence-electron chi connectivity index (χ2n) is 6.11. The Morgan fingerprint density at radius 3 is 2.62 bits per heavy atom. The van der Waals surface area contributed by atoms with E-state index in [2.05, 4.69) is 9.97 Å². The maximum Gasteiger partial charge on any atom is 0.329 e. The van der Waals surface area contributed by atoms with Crippen LogP contribution in [0.3, 0.4) is 0 Å². The molecule has 24 heavy (non-hydrogen) atoms. The number of rotatable bonds is 1.